The number of aromatic nitrogens is 3. The summed E-state index contributed by atoms with van der Waals surface area (Å²) in [6.45, 7) is 14.6. The number of nitrogens with zero attached hydrogens (tertiary/aromatic N) is 3. The average Bonchev–Trinajstić information content (AvgIpc) is 3.29. The van der Waals surface area contributed by atoms with Crippen molar-refractivity contribution in [2.24, 2.45) is 23.2 Å². The molecule has 4 bridgehead atoms. The van der Waals surface area contributed by atoms with E-state index in [4.69, 9.17) is 10.2 Å². The zero-order valence-corrected chi connectivity index (χ0v) is 25.3. The van der Waals surface area contributed by atoms with Crippen LogP contribution in [0, 0.1) is 23.2 Å². The van der Waals surface area contributed by atoms with Crippen molar-refractivity contribution in [2.45, 2.75) is 97.4 Å². The lowest BCUT2D eigenvalue weighted by molar-refractivity contribution is -0.0653. The fourth-order valence-corrected chi connectivity index (χ4v) is 8.66. The second-order valence-electron chi connectivity index (χ2n) is 15.7. The second-order valence-corrected chi connectivity index (χ2v) is 15.7. The van der Waals surface area contributed by atoms with Crippen molar-refractivity contribution in [1.29, 1.82) is 0 Å². The van der Waals surface area contributed by atoms with Gasteiger partial charge in [-0.15, -0.1) is 0 Å². The van der Waals surface area contributed by atoms with Gasteiger partial charge in [-0.05, 0) is 94.8 Å². The van der Waals surface area contributed by atoms with Gasteiger partial charge in [0.2, 0.25) is 0 Å². The number of hydrogen-bond donors (Lipinski definition) is 0. The quantitative estimate of drug-likeness (QED) is 0.262. The normalized spacial score (nSPS) is 26.1. The largest absolute Gasteiger partial charge is 0.183 e. The molecule has 3 heteroatoms. The Kier molecular flexibility index (Phi) is 5.87. The van der Waals surface area contributed by atoms with E-state index in [1.54, 1.807) is 0 Å². The van der Waals surface area contributed by atoms with E-state index in [1.807, 2.05) is 0 Å². The van der Waals surface area contributed by atoms with E-state index in [9.17, 15) is 0 Å². The molecule has 0 aliphatic heterocycles. The van der Waals surface area contributed by atoms with E-state index < -0.39 is 0 Å². The molecular weight excluding hydrogens is 486 g/mol. The summed E-state index contributed by atoms with van der Waals surface area (Å²) < 4.78 is 0. The second kappa shape index (κ2) is 9.03. The van der Waals surface area contributed by atoms with E-state index in [-0.39, 0.29) is 10.8 Å². The highest BCUT2D eigenvalue weighted by Crippen LogP contribution is 2.60. The molecule has 1 aromatic heterocycles. The molecule has 8 rings (SSSR count). The summed E-state index contributed by atoms with van der Waals surface area (Å²) in [5.41, 5.74) is 10.2. The Bertz CT molecular complexity index is 1410. The molecule has 4 saturated carbocycles. The third kappa shape index (κ3) is 4.60. The number of hydrogen-bond acceptors (Lipinski definition) is 2. The lowest BCUT2D eigenvalue weighted by Crippen LogP contribution is -2.48. The molecule has 1 heterocycles. The molecule has 0 spiro atoms. The van der Waals surface area contributed by atoms with Gasteiger partial charge in [0.05, 0.1) is 6.54 Å². The van der Waals surface area contributed by atoms with Gasteiger partial charge in [-0.2, -0.15) is 15.0 Å². The third-order valence-corrected chi connectivity index (χ3v) is 10.3. The third-order valence-electron chi connectivity index (χ3n) is 10.3. The zero-order valence-electron chi connectivity index (χ0n) is 25.3. The predicted molar refractivity (Wildman–Crippen MR) is 166 cm³/mol. The Labute approximate surface area is 240 Å². The minimum absolute atomic E-state index is 0.137. The van der Waals surface area contributed by atoms with Crippen molar-refractivity contribution in [3.8, 4) is 22.3 Å². The molecule has 0 amide bonds. The maximum absolute atomic E-state index is 5.28. The van der Waals surface area contributed by atoms with Gasteiger partial charge >= 0.3 is 0 Å². The molecule has 4 aliphatic rings. The monoisotopic (exact) mass is 531 g/mol. The molecule has 0 radical (unpaired) electrons. The van der Waals surface area contributed by atoms with Crippen molar-refractivity contribution >= 4 is 11.0 Å². The topological polar surface area (TPSA) is 30.7 Å². The summed E-state index contributed by atoms with van der Waals surface area (Å²) in [4.78, 5) is 2.10. The number of benzene rings is 3. The summed E-state index contributed by atoms with van der Waals surface area (Å²) in [5.74, 6) is 2.81. The van der Waals surface area contributed by atoms with Gasteiger partial charge in [0.1, 0.15) is 11.0 Å². The standard InChI is InChI=1S/C37H45N3/c1-35(2,3)29-11-7-27(8-12-29)31-15-16-32(28-9-13-30(14-10-28)36(4,5)6)34-33(31)38-40(39-34)23-37-20-24-17-25(21-37)19-26(18-24)22-37/h7-16,24-26H,17-23H2,1-6H3. The van der Waals surface area contributed by atoms with Gasteiger partial charge < -0.3 is 0 Å². The Morgan fingerprint density at radius 2 is 0.975 bits per heavy atom. The molecule has 4 fully saturated rings. The van der Waals surface area contributed by atoms with Crippen molar-refractivity contribution in [3.63, 3.8) is 0 Å². The summed E-state index contributed by atoms with van der Waals surface area (Å²) in [6, 6.07) is 22.7. The van der Waals surface area contributed by atoms with E-state index in [0.717, 1.165) is 35.3 Å². The first-order chi connectivity index (χ1) is 19.0. The van der Waals surface area contributed by atoms with Gasteiger partial charge in [-0.1, -0.05) is 102 Å². The minimum atomic E-state index is 0.137. The first-order valence-electron chi connectivity index (χ1n) is 15.6. The minimum Gasteiger partial charge on any atom is -0.183 e. The van der Waals surface area contributed by atoms with E-state index >= 15 is 0 Å². The van der Waals surface area contributed by atoms with Crippen LogP contribution in [0.5, 0.6) is 0 Å². The molecular formula is C37H45N3. The Morgan fingerprint density at radius 3 is 1.32 bits per heavy atom. The smallest absolute Gasteiger partial charge is 0.121 e. The molecule has 0 unspecified atom stereocenters. The van der Waals surface area contributed by atoms with Gasteiger partial charge in [-0.3, -0.25) is 0 Å². The van der Waals surface area contributed by atoms with Crippen molar-refractivity contribution in [3.05, 3.63) is 71.8 Å². The maximum atomic E-state index is 5.28. The predicted octanol–water partition coefficient (Wildman–Crippen LogP) is 9.58. The van der Waals surface area contributed by atoms with Crippen LogP contribution in [0.1, 0.15) is 91.2 Å². The summed E-state index contributed by atoms with van der Waals surface area (Å²) in [5, 5.41) is 10.6. The highest BCUT2D eigenvalue weighted by Gasteiger charge is 2.51. The van der Waals surface area contributed by atoms with Crippen LogP contribution >= 0.6 is 0 Å². The molecule has 0 N–H and O–H groups in total. The van der Waals surface area contributed by atoms with Crippen LogP contribution < -0.4 is 0 Å². The number of fused-ring (bicyclic) bond motifs is 1. The van der Waals surface area contributed by atoms with Gasteiger partial charge in [0.15, 0.2) is 0 Å². The fraction of sp³-hybridized carbons (Fsp3) is 0.514. The molecule has 208 valence electrons. The van der Waals surface area contributed by atoms with Crippen molar-refractivity contribution in [1.82, 2.24) is 15.0 Å². The Hall–Kier alpha value is -2.94. The molecule has 3 nitrogen and oxygen atoms in total. The summed E-state index contributed by atoms with van der Waals surface area (Å²) in [7, 11) is 0. The van der Waals surface area contributed by atoms with Gasteiger partial charge in [0, 0.05) is 11.1 Å². The van der Waals surface area contributed by atoms with Crippen LogP contribution in [0.15, 0.2) is 60.7 Å². The molecule has 3 aromatic carbocycles. The van der Waals surface area contributed by atoms with Gasteiger partial charge in [-0.25, -0.2) is 0 Å². The van der Waals surface area contributed by atoms with Crippen LogP contribution in [0.3, 0.4) is 0 Å². The van der Waals surface area contributed by atoms with Crippen LogP contribution in [0.4, 0.5) is 0 Å². The lowest BCUT2D eigenvalue weighted by Gasteiger charge is -2.56. The van der Waals surface area contributed by atoms with Crippen molar-refractivity contribution in [2.75, 3.05) is 0 Å². The lowest BCUT2D eigenvalue weighted by atomic mass is 9.49. The fourth-order valence-electron chi connectivity index (χ4n) is 8.66. The van der Waals surface area contributed by atoms with Crippen LogP contribution in [-0.2, 0) is 17.4 Å². The SMILES string of the molecule is CC(C)(C)c1ccc(-c2ccc(-c3ccc(C(C)(C)C)cc3)c3nn(CC45CC6CC(CC(C6)C4)C5)nc23)cc1. The van der Waals surface area contributed by atoms with Gasteiger partial charge in [0.25, 0.3) is 0 Å². The Balaban J connectivity index is 1.32. The summed E-state index contributed by atoms with van der Waals surface area (Å²) in [6.07, 6.45) is 8.53. The first-order valence-corrected chi connectivity index (χ1v) is 15.6. The molecule has 4 aliphatic carbocycles. The zero-order chi connectivity index (χ0) is 27.9. The highest BCUT2D eigenvalue weighted by molar-refractivity contribution is 6.00. The summed E-state index contributed by atoms with van der Waals surface area (Å²) >= 11 is 0. The Morgan fingerprint density at radius 1 is 0.600 bits per heavy atom. The molecule has 4 aromatic rings. The van der Waals surface area contributed by atoms with Crippen LogP contribution in [0.2, 0.25) is 0 Å². The molecule has 0 atom stereocenters. The maximum Gasteiger partial charge on any atom is 0.121 e. The van der Waals surface area contributed by atoms with Crippen molar-refractivity contribution < 1.29 is 0 Å². The number of rotatable bonds is 4. The van der Waals surface area contributed by atoms with E-state index in [2.05, 4.69) is 107 Å². The molecule has 0 saturated heterocycles. The highest BCUT2D eigenvalue weighted by atomic mass is 15.5. The first kappa shape index (κ1) is 26.0. The van der Waals surface area contributed by atoms with E-state index in [0.29, 0.717) is 5.41 Å². The molecule has 40 heavy (non-hydrogen) atoms. The van der Waals surface area contributed by atoms with Crippen LogP contribution in [0.25, 0.3) is 33.3 Å². The average molecular weight is 532 g/mol. The van der Waals surface area contributed by atoms with Crippen LogP contribution in [-0.4, -0.2) is 15.0 Å². The van der Waals surface area contributed by atoms with E-state index in [1.165, 1.54) is 71.9 Å².